The molecule has 1 aliphatic heterocycles. The molecule has 3 rings (SSSR count). The lowest BCUT2D eigenvalue weighted by molar-refractivity contribution is 0.0945. The number of benzene rings is 2. The van der Waals surface area contributed by atoms with Crippen molar-refractivity contribution in [1.82, 2.24) is 5.32 Å². The lowest BCUT2D eigenvalue weighted by Crippen LogP contribution is -2.29. The molecular formula is C21H25NO3. The van der Waals surface area contributed by atoms with Crippen molar-refractivity contribution >= 4 is 5.91 Å². The van der Waals surface area contributed by atoms with E-state index in [-0.39, 0.29) is 12.0 Å². The Kier molecular flexibility index (Phi) is 5.71. The van der Waals surface area contributed by atoms with Crippen molar-refractivity contribution in [1.29, 1.82) is 0 Å². The molecule has 1 fully saturated rings. The first-order valence-corrected chi connectivity index (χ1v) is 8.85. The van der Waals surface area contributed by atoms with E-state index in [1.807, 2.05) is 62.4 Å². The van der Waals surface area contributed by atoms with E-state index in [1.54, 1.807) is 0 Å². The first-order valence-electron chi connectivity index (χ1n) is 8.85. The topological polar surface area (TPSA) is 47.6 Å². The van der Waals surface area contributed by atoms with Gasteiger partial charge in [0.1, 0.15) is 5.75 Å². The molecular weight excluding hydrogens is 314 g/mol. The maximum atomic E-state index is 12.3. The SMILES string of the molecule is CC(C)Oc1cccc(-c2ccc(C(=O)NCC3CCOC3)cc2)c1. The predicted molar refractivity (Wildman–Crippen MR) is 98.9 cm³/mol. The summed E-state index contributed by atoms with van der Waals surface area (Å²) in [4.78, 5) is 12.3. The van der Waals surface area contributed by atoms with Crippen LogP contribution in [0.1, 0.15) is 30.6 Å². The van der Waals surface area contributed by atoms with E-state index in [1.165, 1.54) is 0 Å². The predicted octanol–water partition coefficient (Wildman–Crippen LogP) is 3.91. The number of hydrogen-bond acceptors (Lipinski definition) is 3. The van der Waals surface area contributed by atoms with Gasteiger partial charge >= 0.3 is 0 Å². The number of carbonyl (C=O) groups is 1. The highest BCUT2D eigenvalue weighted by Gasteiger charge is 2.16. The van der Waals surface area contributed by atoms with Crippen LogP contribution in [0, 0.1) is 5.92 Å². The Morgan fingerprint density at radius 2 is 2.00 bits per heavy atom. The Labute approximate surface area is 149 Å². The van der Waals surface area contributed by atoms with Gasteiger partial charge in [-0.15, -0.1) is 0 Å². The average molecular weight is 339 g/mol. The molecule has 0 aliphatic carbocycles. The molecule has 1 heterocycles. The fourth-order valence-corrected chi connectivity index (χ4v) is 2.92. The summed E-state index contributed by atoms with van der Waals surface area (Å²) >= 11 is 0. The smallest absolute Gasteiger partial charge is 0.251 e. The van der Waals surface area contributed by atoms with Gasteiger partial charge in [0.05, 0.1) is 12.7 Å². The van der Waals surface area contributed by atoms with Crippen molar-refractivity contribution in [2.24, 2.45) is 5.92 Å². The number of nitrogens with one attached hydrogen (secondary N) is 1. The molecule has 0 aromatic heterocycles. The molecule has 0 bridgehead atoms. The standard InChI is InChI=1S/C21H25NO3/c1-15(2)25-20-5-3-4-19(12-20)17-6-8-18(9-7-17)21(23)22-13-16-10-11-24-14-16/h3-9,12,15-16H,10-11,13-14H2,1-2H3,(H,22,23). The van der Waals surface area contributed by atoms with E-state index < -0.39 is 0 Å². The molecule has 25 heavy (non-hydrogen) atoms. The summed E-state index contributed by atoms with van der Waals surface area (Å²) in [6.45, 7) is 6.24. The molecule has 0 radical (unpaired) electrons. The summed E-state index contributed by atoms with van der Waals surface area (Å²) in [7, 11) is 0. The molecule has 0 spiro atoms. The van der Waals surface area contributed by atoms with Gasteiger partial charge in [0.2, 0.25) is 0 Å². The molecule has 2 aromatic carbocycles. The number of rotatable bonds is 6. The van der Waals surface area contributed by atoms with Gasteiger partial charge in [0, 0.05) is 24.6 Å². The van der Waals surface area contributed by atoms with Crippen molar-refractivity contribution in [3.05, 3.63) is 54.1 Å². The van der Waals surface area contributed by atoms with Crippen LogP contribution in [0.15, 0.2) is 48.5 Å². The van der Waals surface area contributed by atoms with Crippen molar-refractivity contribution < 1.29 is 14.3 Å². The van der Waals surface area contributed by atoms with E-state index in [0.717, 1.165) is 36.5 Å². The minimum absolute atomic E-state index is 0.0321. The largest absolute Gasteiger partial charge is 0.491 e. The Balaban J connectivity index is 1.64. The number of amides is 1. The molecule has 1 N–H and O–H groups in total. The molecule has 1 aliphatic rings. The van der Waals surface area contributed by atoms with E-state index >= 15 is 0 Å². The summed E-state index contributed by atoms with van der Waals surface area (Å²) in [6.07, 6.45) is 1.17. The molecule has 1 saturated heterocycles. The molecule has 4 heteroatoms. The van der Waals surface area contributed by atoms with E-state index in [0.29, 0.717) is 18.0 Å². The van der Waals surface area contributed by atoms with Crippen LogP contribution in [0.2, 0.25) is 0 Å². The molecule has 1 unspecified atom stereocenters. The van der Waals surface area contributed by atoms with E-state index in [9.17, 15) is 4.79 Å². The molecule has 0 saturated carbocycles. The molecule has 1 amide bonds. The van der Waals surface area contributed by atoms with Gasteiger partial charge in [-0.3, -0.25) is 4.79 Å². The second-order valence-electron chi connectivity index (χ2n) is 6.71. The maximum Gasteiger partial charge on any atom is 0.251 e. The minimum Gasteiger partial charge on any atom is -0.491 e. The van der Waals surface area contributed by atoms with Gasteiger partial charge < -0.3 is 14.8 Å². The Bertz CT molecular complexity index is 703. The number of carbonyl (C=O) groups excluding carboxylic acids is 1. The Hall–Kier alpha value is -2.33. The highest BCUT2D eigenvalue weighted by molar-refractivity contribution is 5.94. The second kappa shape index (κ2) is 8.17. The Morgan fingerprint density at radius 1 is 1.20 bits per heavy atom. The molecule has 132 valence electrons. The maximum absolute atomic E-state index is 12.3. The zero-order valence-electron chi connectivity index (χ0n) is 14.8. The van der Waals surface area contributed by atoms with Crippen LogP contribution in [0.4, 0.5) is 0 Å². The fraction of sp³-hybridized carbons (Fsp3) is 0.381. The van der Waals surface area contributed by atoms with Crippen LogP contribution < -0.4 is 10.1 Å². The van der Waals surface area contributed by atoms with Crippen molar-refractivity contribution in [3.8, 4) is 16.9 Å². The summed E-state index contributed by atoms with van der Waals surface area (Å²) in [5.41, 5.74) is 2.82. The van der Waals surface area contributed by atoms with Crippen LogP contribution in [-0.2, 0) is 4.74 Å². The van der Waals surface area contributed by atoms with Crippen LogP contribution in [0.3, 0.4) is 0 Å². The van der Waals surface area contributed by atoms with Crippen LogP contribution >= 0.6 is 0 Å². The first kappa shape index (κ1) is 17.5. The zero-order chi connectivity index (χ0) is 17.6. The second-order valence-corrected chi connectivity index (χ2v) is 6.71. The van der Waals surface area contributed by atoms with Crippen LogP contribution in [-0.4, -0.2) is 31.8 Å². The zero-order valence-corrected chi connectivity index (χ0v) is 14.8. The summed E-state index contributed by atoms with van der Waals surface area (Å²) in [5.74, 6) is 1.26. The lowest BCUT2D eigenvalue weighted by atomic mass is 10.0. The summed E-state index contributed by atoms with van der Waals surface area (Å²) in [6, 6.07) is 15.7. The van der Waals surface area contributed by atoms with Crippen LogP contribution in [0.25, 0.3) is 11.1 Å². The van der Waals surface area contributed by atoms with Crippen LogP contribution in [0.5, 0.6) is 5.75 Å². The van der Waals surface area contributed by atoms with Gasteiger partial charge in [-0.05, 0) is 55.7 Å². The van der Waals surface area contributed by atoms with Gasteiger partial charge in [-0.2, -0.15) is 0 Å². The Morgan fingerprint density at radius 3 is 2.68 bits per heavy atom. The van der Waals surface area contributed by atoms with Gasteiger partial charge in [-0.25, -0.2) is 0 Å². The van der Waals surface area contributed by atoms with Crippen molar-refractivity contribution in [2.75, 3.05) is 19.8 Å². The quantitative estimate of drug-likeness (QED) is 0.868. The normalized spacial score (nSPS) is 16.8. The van der Waals surface area contributed by atoms with E-state index in [4.69, 9.17) is 9.47 Å². The highest BCUT2D eigenvalue weighted by atomic mass is 16.5. The third-order valence-corrected chi connectivity index (χ3v) is 4.26. The lowest BCUT2D eigenvalue weighted by Gasteiger charge is -2.12. The summed E-state index contributed by atoms with van der Waals surface area (Å²) < 4.78 is 11.1. The molecule has 4 nitrogen and oxygen atoms in total. The first-order chi connectivity index (χ1) is 12.1. The molecule has 1 atom stereocenters. The third-order valence-electron chi connectivity index (χ3n) is 4.26. The van der Waals surface area contributed by atoms with Gasteiger partial charge in [0.15, 0.2) is 0 Å². The van der Waals surface area contributed by atoms with Crippen molar-refractivity contribution in [3.63, 3.8) is 0 Å². The average Bonchev–Trinajstić information content (AvgIpc) is 3.13. The molecule has 2 aromatic rings. The fourth-order valence-electron chi connectivity index (χ4n) is 2.92. The van der Waals surface area contributed by atoms with Gasteiger partial charge in [0.25, 0.3) is 5.91 Å². The van der Waals surface area contributed by atoms with E-state index in [2.05, 4.69) is 5.32 Å². The number of hydrogen-bond donors (Lipinski definition) is 1. The highest BCUT2D eigenvalue weighted by Crippen LogP contribution is 2.25. The minimum atomic E-state index is -0.0321. The number of ether oxygens (including phenoxy) is 2. The summed E-state index contributed by atoms with van der Waals surface area (Å²) in [5, 5.41) is 2.99. The van der Waals surface area contributed by atoms with Crippen molar-refractivity contribution in [2.45, 2.75) is 26.4 Å². The van der Waals surface area contributed by atoms with Gasteiger partial charge in [-0.1, -0.05) is 24.3 Å². The third kappa shape index (κ3) is 4.83. The monoisotopic (exact) mass is 339 g/mol.